The maximum absolute atomic E-state index is 5.73. The quantitative estimate of drug-likeness (QED) is 0.681. The summed E-state index contributed by atoms with van der Waals surface area (Å²) in [5.41, 5.74) is 5.73. The summed E-state index contributed by atoms with van der Waals surface area (Å²) in [6.45, 7) is 7.86. The van der Waals surface area contributed by atoms with Crippen LogP contribution in [0.4, 0.5) is 0 Å². The second kappa shape index (κ2) is 5.61. The van der Waals surface area contributed by atoms with Crippen LogP contribution in [-0.4, -0.2) is 19.6 Å². The molecule has 2 nitrogen and oxygen atoms in total. The van der Waals surface area contributed by atoms with Gasteiger partial charge in [0.2, 0.25) is 0 Å². The molecule has 0 aromatic heterocycles. The van der Waals surface area contributed by atoms with Crippen molar-refractivity contribution in [3.05, 3.63) is 0 Å². The normalized spacial score (nSPS) is 30.7. The Labute approximate surface area is 82.3 Å². The van der Waals surface area contributed by atoms with E-state index in [1.54, 1.807) is 0 Å². The van der Waals surface area contributed by atoms with Crippen LogP contribution in [0.15, 0.2) is 0 Å². The lowest BCUT2D eigenvalue weighted by Gasteiger charge is -2.21. The van der Waals surface area contributed by atoms with Crippen molar-refractivity contribution < 1.29 is 0 Å². The molecule has 0 aromatic rings. The first-order valence-electron chi connectivity index (χ1n) is 5.72. The Bertz CT molecular complexity index is 132. The molecule has 1 heterocycles. The van der Waals surface area contributed by atoms with Gasteiger partial charge in [-0.2, -0.15) is 0 Å². The van der Waals surface area contributed by atoms with E-state index in [1.807, 2.05) is 0 Å². The van der Waals surface area contributed by atoms with Gasteiger partial charge in [0.25, 0.3) is 0 Å². The molecule has 3 atom stereocenters. The fourth-order valence-electron chi connectivity index (χ4n) is 2.40. The van der Waals surface area contributed by atoms with Crippen LogP contribution < -0.4 is 11.1 Å². The number of rotatable bonds is 5. The third-order valence-corrected chi connectivity index (χ3v) is 3.55. The Morgan fingerprint density at radius 2 is 2.00 bits per heavy atom. The topological polar surface area (TPSA) is 38.0 Å². The first-order chi connectivity index (χ1) is 6.31. The van der Waals surface area contributed by atoms with E-state index in [4.69, 9.17) is 5.73 Å². The van der Waals surface area contributed by atoms with Gasteiger partial charge in [-0.25, -0.2) is 0 Å². The van der Waals surface area contributed by atoms with E-state index in [0.717, 1.165) is 24.3 Å². The van der Waals surface area contributed by atoms with Crippen LogP contribution in [0.5, 0.6) is 0 Å². The summed E-state index contributed by atoms with van der Waals surface area (Å²) in [7, 11) is 0. The largest absolute Gasteiger partial charge is 0.330 e. The highest BCUT2D eigenvalue weighted by Crippen LogP contribution is 2.27. The summed E-state index contributed by atoms with van der Waals surface area (Å²) < 4.78 is 0. The summed E-state index contributed by atoms with van der Waals surface area (Å²) in [5, 5.41) is 3.49. The fraction of sp³-hybridized carbons (Fsp3) is 1.00. The molecule has 0 saturated carbocycles. The van der Waals surface area contributed by atoms with E-state index in [-0.39, 0.29) is 0 Å². The number of nitrogens with two attached hydrogens (primary N) is 1. The molecule has 0 aromatic carbocycles. The molecule has 0 amide bonds. The van der Waals surface area contributed by atoms with E-state index in [0.29, 0.717) is 0 Å². The number of hydrogen-bond donors (Lipinski definition) is 2. The average molecular weight is 184 g/mol. The van der Waals surface area contributed by atoms with Crippen molar-refractivity contribution in [1.82, 2.24) is 5.32 Å². The Morgan fingerprint density at radius 1 is 1.31 bits per heavy atom. The van der Waals surface area contributed by atoms with Gasteiger partial charge in [-0.1, -0.05) is 26.7 Å². The molecule has 13 heavy (non-hydrogen) atoms. The Balaban J connectivity index is 2.33. The molecule has 1 aliphatic rings. The molecule has 1 aliphatic heterocycles. The van der Waals surface area contributed by atoms with Crippen molar-refractivity contribution >= 4 is 0 Å². The first kappa shape index (κ1) is 11.0. The van der Waals surface area contributed by atoms with Crippen molar-refractivity contribution in [1.29, 1.82) is 0 Å². The molecular formula is C11H24N2. The predicted molar refractivity (Wildman–Crippen MR) is 57.6 cm³/mol. The predicted octanol–water partition coefficient (Wildman–Crippen LogP) is 1.61. The first-order valence-corrected chi connectivity index (χ1v) is 5.72. The standard InChI is InChI=1S/C11H24N2/c1-3-9(6-12)5-11-8-13-7-10(11)4-2/h9-11,13H,3-8,12H2,1-2H3. The minimum atomic E-state index is 0.749. The molecule has 0 spiro atoms. The highest BCUT2D eigenvalue weighted by molar-refractivity contribution is 4.81. The Morgan fingerprint density at radius 3 is 2.54 bits per heavy atom. The molecule has 0 radical (unpaired) electrons. The Kier molecular flexibility index (Phi) is 4.74. The SMILES string of the molecule is CCC(CN)CC1CNCC1CC. The molecule has 1 saturated heterocycles. The van der Waals surface area contributed by atoms with Gasteiger partial charge in [0.1, 0.15) is 0 Å². The summed E-state index contributed by atoms with van der Waals surface area (Å²) >= 11 is 0. The van der Waals surface area contributed by atoms with Gasteiger partial charge in [0.05, 0.1) is 0 Å². The fourth-order valence-corrected chi connectivity index (χ4v) is 2.40. The lowest BCUT2D eigenvalue weighted by Crippen LogP contribution is -2.21. The van der Waals surface area contributed by atoms with Gasteiger partial charge in [0, 0.05) is 0 Å². The van der Waals surface area contributed by atoms with E-state index >= 15 is 0 Å². The van der Waals surface area contributed by atoms with Crippen LogP contribution in [0, 0.1) is 17.8 Å². The van der Waals surface area contributed by atoms with Crippen LogP contribution in [0.3, 0.4) is 0 Å². The molecule has 3 unspecified atom stereocenters. The summed E-state index contributed by atoms with van der Waals surface area (Å²) in [4.78, 5) is 0. The average Bonchev–Trinajstić information content (AvgIpc) is 2.61. The van der Waals surface area contributed by atoms with E-state index < -0.39 is 0 Å². The smallest absolute Gasteiger partial charge is 0.00172 e. The van der Waals surface area contributed by atoms with E-state index in [2.05, 4.69) is 19.2 Å². The van der Waals surface area contributed by atoms with Crippen LogP contribution in [0.1, 0.15) is 33.1 Å². The summed E-state index contributed by atoms with van der Waals surface area (Å²) in [5.74, 6) is 2.54. The van der Waals surface area contributed by atoms with Gasteiger partial charge >= 0.3 is 0 Å². The molecule has 2 heteroatoms. The molecule has 3 N–H and O–H groups in total. The zero-order valence-corrected chi connectivity index (χ0v) is 9.05. The molecular weight excluding hydrogens is 160 g/mol. The van der Waals surface area contributed by atoms with Crippen molar-refractivity contribution in [2.24, 2.45) is 23.5 Å². The maximum atomic E-state index is 5.73. The van der Waals surface area contributed by atoms with Gasteiger partial charge in [-0.05, 0) is 43.8 Å². The molecule has 0 aliphatic carbocycles. The van der Waals surface area contributed by atoms with Gasteiger partial charge in [0.15, 0.2) is 0 Å². The Hall–Kier alpha value is -0.0800. The second-order valence-corrected chi connectivity index (χ2v) is 4.33. The molecule has 0 bridgehead atoms. The van der Waals surface area contributed by atoms with Gasteiger partial charge in [-0.3, -0.25) is 0 Å². The highest BCUT2D eigenvalue weighted by Gasteiger charge is 2.26. The molecule has 1 rings (SSSR count). The van der Waals surface area contributed by atoms with E-state index in [9.17, 15) is 0 Å². The van der Waals surface area contributed by atoms with Gasteiger partial charge in [-0.15, -0.1) is 0 Å². The monoisotopic (exact) mass is 184 g/mol. The van der Waals surface area contributed by atoms with Crippen LogP contribution in [0.25, 0.3) is 0 Å². The minimum absolute atomic E-state index is 0.749. The van der Waals surface area contributed by atoms with Crippen LogP contribution in [-0.2, 0) is 0 Å². The van der Waals surface area contributed by atoms with E-state index in [1.165, 1.54) is 32.4 Å². The van der Waals surface area contributed by atoms with Gasteiger partial charge < -0.3 is 11.1 Å². The van der Waals surface area contributed by atoms with Crippen molar-refractivity contribution in [3.63, 3.8) is 0 Å². The minimum Gasteiger partial charge on any atom is -0.330 e. The second-order valence-electron chi connectivity index (χ2n) is 4.33. The summed E-state index contributed by atoms with van der Waals surface area (Å²) in [6.07, 6.45) is 3.89. The lowest BCUT2D eigenvalue weighted by atomic mass is 9.84. The summed E-state index contributed by atoms with van der Waals surface area (Å²) in [6, 6.07) is 0. The third kappa shape index (κ3) is 2.96. The number of nitrogens with one attached hydrogen (secondary N) is 1. The molecule has 1 fully saturated rings. The third-order valence-electron chi connectivity index (χ3n) is 3.55. The van der Waals surface area contributed by atoms with Crippen molar-refractivity contribution in [3.8, 4) is 0 Å². The van der Waals surface area contributed by atoms with Crippen molar-refractivity contribution in [2.75, 3.05) is 19.6 Å². The zero-order valence-electron chi connectivity index (χ0n) is 9.05. The lowest BCUT2D eigenvalue weighted by molar-refractivity contribution is 0.314. The van der Waals surface area contributed by atoms with Crippen LogP contribution in [0.2, 0.25) is 0 Å². The maximum Gasteiger partial charge on any atom is -0.00172 e. The molecule has 78 valence electrons. The number of hydrogen-bond acceptors (Lipinski definition) is 2. The van der Waals surface area contributed by atoms with Crippen LogP contribution >= 0.6 is 0 Å². The zero-order chi connectivity index (χ0) is 9.68. The van der Waals surface area contributed by atoms with Crippen molar-refractivity contribution in [2.45, 2.75) is 33.1 Å². The highest BCUT2D eigenvalue weighted by atomic mass is 14.9.